The fraction of sp³-hybridized carbons (Fsp3) is 0.278. The summed E-state index contributed by atoms with van der Waals surface area (Å²) < 4.78 is 12.0. The van der Waals surface area contributed by atoms with Gasteiger partial charge in [-0.1, -0.05) is 36.4 Å². The molecule has 0 spiro atoms. The quantitative estimate of drug-likeness (QED) is 0.771. The van der Waals surface area contributed by atoms with Crippen LogP contribution in [0.1, 0.15) is 0 Å². The van der Waals surface area contributed by atoms with Gasteiger partial charge in [0.05, 0.1) is 10.8 Å². The van der Waals surface area contributed by atoms with Crippen molar-refractivity contribution in [1.29, 1.82) is 0 Å². The van der Waals surface area contributed by atoms with E-state index in [0.717, 1.165) is 10.6 Å². The summed E-state index contributed by atoms with van der Waals surface area (Å²) in [7, 11) is 0.896. The SMILES string of the molecule is CN(CCNC(=O)NCC[S@@](=O)c1ccccc1)c1ccccc1. The second-order valence-corrected chi connectivity index (χ2v) is 6.87. The van der Waals surface area contributed by atoms with Gasteiger partial charge in [-0.25, -0.2) is 4.79 Å². The van der Waals surface area contributed by atoms with Crippen molar-refractivity contribution < 1.29 is 9.00 Å². The first-order valence-electron chi connectivity index (χ1n) is 7.88. The van der Waals surface area contributed by atoms with Crippen LogP contribution in [0, 0.1) is 0 Å². The van der Waals surface area contributed by atoms with Gasteiger partial charge in [-0.3, -0.25) is 4.21 Å². The molecule has 2 aromatic carbocycles. The fourth-order valence-electron chi connectivity index (χ4n) is 2.16. The molecule has 0 heterocycles. The van der Waals surface area contributed by atoms with Crippen LogP contribution >= 0.6 is 0 Å². The molecule has 0 aliphatic carbocycles. The van der Waals surface area contributed by atoms with Gasteiger partial charge in [-0.05, 0) is 24.3 Å². The molecule has 128 valence electrons. The predicted molar refractivity (Wildman–Crippen MR) is 98.8 cm³/mol. The Morgan fingerprint density at radius 2 is 1.54 bits per heavy atom. The number of nitrogens with zero attached hydrogens (tertiary/aromatic N) is 1. The number of hydrogen-bond acceptors (Lipinski definition) is 3. The number of likely N-dealkylation sites (N-methyl/N-ethyl adjacent to an activating group) is 1. The van der Waals surface area contributed by atoms with E-state index in [1.54, 1.807) is 0 Å². The average Bonchev–Trinajstić information content (AvgIpc) is 2.63. The molecule has 0 aliphatic heterocycles. The highest BCUT2D eigenvalue weighted by Gasteiger charge is 2.05. The van der Waals surface area contributed by atoms with Crippen LogP contribution in [0.2, 0.25) is 0 Å². The molecule has 0 fully saturated rings. The molecule has 5 nitrogen and oxygen atoms in total. The average molecular weight is 345 g/mol. The lowest BCUT2D eigenvalue weighted by Crippen LogP contribution is -2.40. The van der Waals surface area contributed by atoms with Gasteiger partial charge in [0.2, 0.25) is 0 Å². The van der Waals surface area contributed by atoms with Crippen molar-refractivity contribution in [2.45, 2.75) is 4.90 Å². The third kappa shape index (κ3) is 6.04. The van der Waals surface area contributed by atoms with Crippen molar-refractivity contribution in [2.24, 2.45) is 0 Å². The normalized spacial score (nSPS) is 11.5. The molecule has 0 radical (unpaired) electrons. The lowest BCUT2D eigenvalue weighted by atomic mass is 10.3. The molecule has 0 aliphatic rings. The van der Waals surface area contributed by atoms with Gasteiger partial charge in [0.15, 0.2) is 0 Å². The highest BCUT2D eigenvalue weighted by atomic mass is 32.2. The maximum absolute atomic E-state index is 12.0. The van der Waals surface area contributed by atoms with E-state index < -0.39 is 10.8 Å². The number of nitrogens with one attached hydrogen (secondary N) is 2. The van der Waals surface area contributed by atoms with Crippen LogP contribution in [0.15, 0.2) is 65.6 Å². The predicted octanol–water partition coefficient (Wildman–Crippen LogP) is 2.23. The molecule has 0 bridgehead atoms. The zero-order chi connectivity index (χ0) is 17.2. The minimum atomic E-state index is -1.09. The third-order valence-corrected chi connectivity index (χ3v) is 4.88. The number of benzene rings is 2. The highest BCUT2D eigenvalue weighted by molar-refractivity contribution is 7.85. The van der Waals surface area contributed by atoms with Gasteiger partial charge < -0.3 is 15.5 Å². The van der Waals surface area contributed by atoms with Gasteiger partial charge in [-0.15, -0.1) is 0 Å². The molecule has 2 N–H and O–H groups in total. The number of hydrogen-bond donors (Lipinski definition) is 2. The zero-order valence-corrected chi connectivity index (χ0v) is 14.6. The summed E-state index contributed by atoms with van der Waals surface area (Å²) in [5, 5.41) is 5.54. The Labute approximate surface area is 145 Å². The van der Waals surface area contributed by atoms with Crippen molar-refractivity contribution in [3.05, 3.63) is 60.7 Å². The summed E-state index contributed by atoms with van der Waals surface area (Å²) in [5.74, 6) is 0.404. The lowest BCUT2D eigenvalue weighted by Gasteiger charge is -2.19. The number of carbonyl (C=O) groups excluding carboxylic acids is 1. The summed E-state index contributed by atoms with van der Waals surface area (Å²) >= 11 is 0. The molecule has 24 heavy (non-hydrogen) atoms. The van der Waals surface area contributed by atoms with Crippen molar-refractivity contribution in [3.63, 3.8) is 0 Å². The molecule has 1 atom stereocenters. The van der Waals surface area contributed by atoms with E-state index in [1.807, 2.05) is 67.7 Å². The molecule has 0 aromatic heterocycles. The second kappa shape index (κ2) is 9.72. The number of urea groups is 1. The van der Waals surface area contributed by atoms with Crippen molar-refractivity contribution >= 4 is 22.5 Å². The maximum atomic E-state index is 12.0. The third-order valence-electron chi connectivity index (χ3n) is 3.51. The molecule has 2 aromatic rings. The topological polar surface area (TPSA) is 61.4 Å². The van der Waals surface area contributed by atoms with Crippen LogP contribution < -0.4 is 15.5 Å². The Balaban J connectivity index is 1.61. The minimum Gasteiger partial charge on any atom is -0.373 e. The van der Waals surface area contributed by atoms with Crippen LogP contribution in [0.25, 0.3) is 0 Å². The number of para-hydroxylation sites is 1. The second-order valence-electron chi connectivity index (χ2n) is 5.30. The van der Waals surface area contributed by atoms with Crippen molar-refractivity contribution in [3.8, 4) is 0 Å². The Bertz CT molecular complexity index is 650. The van der Waals surface area contributed by atoms with Gasteiger partial charge in [0.1, 0.15) is 0 Å². The highest BCUT2D eigenvalue weighted by Crippen LogP contribution is 2.09. The van der Waals surface area contributed by atoms with E-state index >= 15 is 0 Å². The largest absolute Gasteiger partial charge is 0.373 e. The Hall–Kier alpha value is -2.34. The first-order valence-corrected chi connectivity index (χ1v) is 9.20. The van der Waals surface area contributed by atoms with E-state index in [9.17, 15) is 9.00 Å². The monoisotopic (exact) mass is 345 g/mol. The summed E-state index contributed by atoms with van der Waals surface area (Å²) in [6.07, 6.45) is 0. The molecule has 2 rings (SSSR count). The first-order chi connectivity index (χ1) is 11.7. The summed E-state index contributed by atoms with van der Waals surface area (Å²) in [6, 6.07) is 19.0. The molecular weight excluding hydrogens is 322 g/mol. The maximum Gasteiger partial charge on any atom is 0.314 e. The minimum absolute atomic E-state index is 0.235. The fourth-order valence-corrected chi connectivity index (χ4v) is 3.14. The van der Waals surface area contributed by atoms with Crippen molar-refractivity contribution in [1.82, 2.24) is 10.6 Å². The summed E-state index contributed by atoms with van der Waals surface area (Å²) in [6.45, 7) is 1.63. The Morgan fingerprint density at radius 3 is 2.21 bits per heavy atom. The Kier molecular flexibility index (Phi) is 7.29. The number of rotatable bonds is 8. The van der Waals surface area contributed by atoms with E-state index in [-0.39, 0.29) is 6.03 Å². The molecule has 0 saturated carbocycles. The van der Waals surface area contributed by atoms with E-state index in [1.165, 1.54) is 0 Å². The van der Waals surface area contributed by atoms with Crippen molar-refractivity contribution in [2.75, 3.05) is 37.3 Å². The van der Waals surface area contributed by atoms with E-state index in [2.05, 4.69) is 15.5 Å². The zero-order valence-electron chi connectivity index (χ0n) is 13.8. The molecular formula is C18H23N3O2S. The number of amides is 2. The number of carbonyl (C=O) groups is 1. The van der Waals surface area contributed by atoms with Crippen LogP contribution in [-0.4, -0.2) is 42.7 Å². The lowest BCUT2D eigenvalue weighted by molar-refractivity contribution is 0.242. The van der Waals surface area contributed by atoms with Crippen LogP contribution in [0.5, 0.6) is 0 Å². The van der Waals surface area contributed by atoms with E-state index in [0.29, 0.717) is 25.4 Å². The van der Waals surface area contributed by atoms with Gasteiger partial charge in [-0.2, -0.15) is 0 Å². The van der Waals surface area contributed by atoms with Gasteiger partial charge in [0.25, 0.3) is 0 Å². The summed E-state index contributed by atoms with van der Waals surface area (Å²) in [4.78, 5) is 14.6. The standard InChI is InChI=1S/C18H23N3O2S/c1-21(16-8-4-2-5-9-16)14-12-19-18(22)20-13-15-24(23)17-10-6-3-7-11-17/h2-11H,12-15H2,1H3,(H2,19,20,22)/t24-/m1/s1. The molecule has 0 unspecified atom stereocenters. The first kappa shape index (κ1) is 18.0. The van der Waals surface area contributed by atoms with Gasteiger partial charge >= 0.3 is 6.03 Å². The Morgan fingerprint density at radius 1 is 0.958 bits per heavy atom. The smallest absolute Gasteiger partial charge is 0.314 e. The molecule has 6 heteroatoms. The van der Waals surface area contributed by atoms with Crippen LogP contribution in [-0.2, 0) is 10.8 Å². The van der Waals surface area contributed by atoms with E-state index in [4.69, 9.17) is 0 Å². The number of anilines is 1. The van der Waals surface area contributed by atoms with Crippen LogP contribution in [0.4, 0.5) is 10.5 Å². The van der Waals surface area contributed by atoms with Crippen LogP contribution in [0.3, 0.4) is 0 Å². The van der Waals surface area contributed by atoms with Gasteiger partial charge in [0, 0.05) is 43.0 Å². The molecule has 0 saturated heterocycles. The molecule has 2 amide bonds. The summed E-state index contributed by atoms with van der Waals surface area (Å²) in [5.41, 5.74) is 1.11.